The van der Waals surface area contributed by atoms with E-state index >= 15 is 0 Å². The second-order valence-electron chi connectivity index (χ2n) is 6.48. The maximum Gasteiger partial charge on any atom is 0.297 e. The third kappa shape index (κ3) is 2.88. The van der Waals surface area contributed by atoms with Gasteiger partial charge in [0.2, 0.25) is 5.76 Å². The van der Waals surface area contributed by atoms with Crippen molar-refractivity contribution in [1.29, 1.82) is 0 Å². The molecule has 0 radical (unpaired) electrons. The van der Waals surface area contributed by atoms with Gasteiger partial charge in [0.25, 0.3) is 5.91 Å². The number of aromatic nitrogens is 1. The van der Waals surface area contributed by atoms with E-state index in [0.29, 0.717) is 26.7 Å². The average molecular weight is 441 g/mol. The monoisotopic (exact) mass is 440 g/mol. The third-order valence-electron chi connectivity index (χ3n) is 4.89. The first-order chi connectivity index (χ1) is 14.1. The van der Waals surface area contributed by atoms with Gasteiger partial charge in [-0.15, -0.1) is 23.1 Å². The molecule has 0 saturated heterocycles. The number of anilines is 1. The maximum absolute atomic E-state index is 13.4. The van der Waals surface area contributed by atoms with Gasteiger partial charge in [0.1, 0.15) is 5.58 Å². The van der Waals surface area contributed by atoms with Gasteiger partial charge in [0, 0.05) is 21.5 Å². The normalized spacial score (nSPS) is 15.9. The number of rotatable bonds is 3. The number of halogens is 1. The van der Waals surface area contributed by atoms with Crippen molar-refractivity contribution in [1.82, 2.24) is 4.98 Å². The van der Waals surface area contributed by atoms with Crippen LogP contribution in [0.15, 0.2) is 68.1 Å². The summed E-state index contributed by atoms with van der Waals surface area (Å²) in [5, 5.41) is 3.11. The zero-order chi connectivity index (χ0) is 20.1. The fraction of sp³-hybridized carbons (Fsp3) is 0.0952. The van der Waals surface area contributed by atoms with E-state index in [9.17, 15) is 9.59 Å². The van der Waals surface area contributed by atoms with Crippen LogP contribution < -0.4 is 10.3 Å². The zero-order valence-electron chi connectivity index (χ0n) is 15.1. The number of benzene rings is 2. The predicted octanol–water partition coefficient (Wildman–Crippen LogP) is 5.37. The molecule has 29 heavy (non-hydrogen) atoms. The summed E-state index contributed by atoms with van der Waals surface area (Å²) in [6, 6.07) is 12.0. The Bertz CT molecular complexity index is 1300. The van der Waals surface area contributed by atoms with Gasteiger partial charge in [-0.2, -0.15) is 0 Å². The Morgan fingerprint density at radius 1 is 1.17 bits per heavy atom. The molecule has 5 nitrogen and oxygen atoms in total. The largest absolute Gasteiger partial charge is 0.450 e. The van der Waals surface area contributed by atoms with Gasteiger partial charge < -0.3 is 4.42 Å². The lowest BCUT2D eigenvalue weighted by Gasteiger charge is -2.22. The predicted molar refractivity (Wildman–Crippen MR) is 116 cm³/mol. The molecule has 8 heteroatoms. The summed E-state index contributed by atoms with van der Waals surface area (Å²) in [7, 11) is 0. The number of thioether (sulfide) groups is 1. The van der Waals surface area contributed by atoms with Crippen LogP contribution in [0.1, 0.15) is 27.7 Å². The van der Waals surface area contributed by atoms with Crippen LogP contribution in [0, 0.1) is 0 Å². The Morgan fingerprint density at radius 3 is 2.66 bits per heavy atom. The molecule has 2 aromatic carbocycles. The SMILES string of the molecule is CSc1ccc(C2c3c(oc4ccc(Cl)cc4c3=O)C(=O)N2c2nccs2)cc1. The lowest BCUT2D eigenvalue weighted by atomic mass is 9.99. The van der Waals surface area contributed by atoms with Crippen LogP contribution in [0.5, 0.6) is 0 Å². The minimum Gasteiger partial charge on any atom is -0.450 e. The molecule has 0 bridgehead atoms. The van der Waals surface area contributed by atoms with Gasteiger partial charge >= 0.3 is 0 Å². The van der Waals surface area contributed by atoms with Crippen molar-refractivity contribution in [2.45, 2.75) is 10.9 Å². The summed E-state index contributed by atoms with van der Waals surface area (Å²) in [5.41, 5.74) is 1.22. The first kappa shape index (κ1) is 18.4. The summed E-state index contributed by atoms with van der Waals surface area (Å²) < 4.78 is 5.90. The summed E-state index contributed by atoms with van der Waals surface area (Å²) in [4.78, 5) is 33.7. The summed E-state index contributed by atoms with van der Waals surface area (Å²) >= 11 is 9.06. The fourth-order valence-electron chi connectivity index (χ4n) is 3.58. The van der Waals surface area contributed by atoms with Gasteiger partial charge in [-0.1, -0.05) is 23.7 Å². The van der Waals surface area contributed by atoms with E-state index in [4.69, 9.17) is 16.0 Å². The summed E-state index contributed by atoms with van der Waals surface area (Å²) in [6.07, 6.45) is 3.63. The van der Waals surface area contributed by atoms with E-state index < -0.39 is 6.04 Å². The van der Waals surface area contributed by atoms with Crippen LogP contribution in [0.25, 0.3) is 11.0 Å². The molecular weight excluding hydrogens is 428 g/mol. The van der Waals surface area contributed by atoms with Crippen molar-refractivity contribution >= 4 is 56.7 Å². The molecule has 1 aliphatic heterocycles. The van der Waals surface area contributed by atoms with E-state index in [1.54, 1.807) is 41.5 Å². The van der Waals surface area contributed by atoms with Gasteiger partial charge in [0.15, 0.2) is 10.6 Å². The first-order valence-electron chi connectivity index (χ1n) is 8.71. The minimum atomic E-state index is -0.612. The van der Waals surface area contributed by atoms with E-state index in [-0.39, 0.29) is 17.1 Å². The van der Waals surface area contributed by atoms with Crippen molar-refractivity contribution in [3.63, 3.8) is 0 Å². The molecule has 1 unspecified atom stereocenters. The number of nitrogens with zero attached hydrogens (tertiary/aromatic N) is 2. The van der Waals surface area contributed by atoms with Gasteiger partial charge in [-0.05, 0) is 42.2 Å². The fourth-order valence-corrected chi connectivity index (χ4v) is 4.83. The lowest BCUT2D eigenvalue weighted by Crippen LogP contribution is -2.29. The second kappa shape index (κ2) is 7.02. The van der Waals surface area contributed by atoms with E-state index in [1.165, 1.54) is 16.2 Å². The van der Waals surface area contributed by atoms with Crippen LogP contribution in [-0.2, 0) is 0 Å². The molecule has 2 aromatic heterocycles. The summed E-state index contributed by atoms with van der Waals surface area (Å²) in [5.74, 6) is -0.318. The van der Waals surface area contributed by atoms with Crippen molar-refractivity contribution in [3.8, 4) is 0 Å². The van der Waals surface area contributed by atoms with Gasteiger partial charge in [0.05, 0.1) is 17.0 Å². The lowest BCUT2D eigenvalue weighted by molar-refractivity contribution is 0.0971. The molecule has 0 spiro atoms. The van der Waals surface area contributed by atoms with Crippen molar-refractivity contribution in [2.24, 2.45) is 0 Å². The molecule has 0 fully saturated rings. The molecule has 144 valence electrons. The number of fused-ring (bicyclic) bond motifs is 2. The second-order valence-corrected chi connectivity index (χ2v) is 8.67. The molecule has 1 amide bonds. The molecule has 1 aliphatic rings. The topological polar surface area (TPSA) is 63.4 Å². The van der Waals surface area contributed by atoms with Gasteiger partial charge in [-0.3, -0.25) is 14.5 Å². The van der Waals surface area contributed by atoms with E-state index in [1.807, 2.05) is 30.5 Å². The number of hydrogen-bond acceptors (Lipinski definition) is 6. The molecule has 0 aliphatic carbocycles. The molecule has 1 atom stereocenters. The number of hydrogen-bond donors (Lipinski definition) is 0. The molecular formula is C21H13ClN2O3S2. The standard InChI is InChI=1S/C21H13ClN2O3S2/c1-28-13-5-2-11(3-6-13)17-16-18(25)14-10-12(22)4-7-15(14)27-19(16)20(26)24(17)21-23-8-9-29-21/h2-10,17H,1H3. The molecule has 0 N–H and O–H groups in total. The zero-order valence-corrected chi connectivity index (χ0v) is 17.5. The van der Waals surface area contributed by atoms with Crippen LogP contribution in [0.2, 0.25) is 5.02 Å². The smallest absolute Gasteiger partial charge is 0.297 e. The number of thiazole rings is 1. The molecule has 4 aromatic rings. The Morgan fingerprint density at radius 2 is 1.97 bits per heavy atom. The van der Waals surface area contributed by atoms with Crippen LogP contribution in [0.4, 0.5) is 5.13 Å². The average Bonchev–Trinajstić information content (AvgIpc) is 3.35. The Hall–Kier alpha value is -2.61. The number of carbonyl (C=O) groups excluding carboxylic acids is 1. The molecule has 3 heterocycles. The Labute approximate surface area is 178 Å². The highest BCUT2D eigenvalue weighted by Crippen LogP contribution is 2.42. The van der Waals surface area contributed by atoms with Crippen LogP contribution in [0.3, 0.4) is 0 Å². The Kier molecular flexibility index (Phi) is 4.46. The van der Waals surface area contributed by atoms with Crippen LogP contribution >= 0.6 is 34.7 Å². The van der Waals surface area contributed by atoms with Crippen molar-refractivity contribution in [2.75, 3.05) is 11.2 Å². The van der Waals surface area contributed by atoms with Gasteiger partial charge in [-0.25, -0.2) is 4.98 Å². The number of amides is 1. The van der Waals surface area contributed by atoms with Crippen molar-refractivity contribution in [3.05, 3.63) is 86.2 Å². The van der Waals surface area contributed by atoms with Crippen molar-refractivity contribution < 1.29 is 9.21 Å². The third-order valence-corrected chi connectivity index (χ3v) is 6.64. The maximum atomic E-state index is 13.4. The van der Waals surface area contributed by atoms with E-state index in [0.717, 1.165) is 10.5 Å². The quantitative estimate of drug-likeness (QED) is 0.400. The summed E-state index contributed by atoms with van der Waals surface area (Å²) in [6.45, 7) is 0. The first-order valence-corrected chi connectivity index (χ1v) is 11.2. The van der Waals surface area contributed by atoms with Crippen LogP contribution in [-0.4, -0.2) is 17.1 Å². The van der Waals surface area contributed by atoms with E-state index in [2.05, 4.69) is 4.98 Å². The minimum absolute atomic E-state index is 0.0546. The Balaban J connectivity index is 1.80. The highest BCUT2D eigenvalue weighted by molar-refractivity contribution is 7.98. The molecule has 0 saturated carbocycles. The molecule has 5 rings (SSSR count). The highest BCUT2D eigenvalue weighted by atomic mass is 35.5. The highest BCUT2D eigenvalue weighted by Gasteiger charge is 2.44. The number of carbonyl (C=O) groups is 1.